The standard InChI is InChI=1S/C17H19N5O3/c1-9-5-4-8-19-15(9)20-16(23)14-10(2)13-11(21-22-17(18)24)6-3-7-12(13)25-14/h4-5,8H,3,6-7H2,1-2H3,(H3,18,22,24)(H,19,20,23)/b21-11+. The molecule has 0 aliphatic heterocycles. The number of nitrogens with two attached hydrogens (primary N) is 1. The molecule has 4 N–H and O–H groups in total. The first kappa shape index (κ1) is 16.7. The predicted molar refractivity (Wildman–Crippen MR) is 92.6 cm³/mol. The molecule has 2 aromatic rings. The summed E-state index contributed by atoms with van der Waals surface area (Å²) in [5.41, 5.74) is 10.3. The second-order valence-corrected chi connectivity index (χ2v) is 5.87. The Morgan fingerprint density at radius 2 is 2.12 bits per heavy atom. The molecule has 1 aliphatic rings. The second kappa shape index (κ2) is 6.76. The molecule has 0 unspecified atom stereocenters. The number of primary amides is 1. The molecule has 8 heteroatoms. The van der Waals surface area contributed by atoms with E-state index in [1.165, 1.54) is 0 Å². The Bertz CT molecular complexity index is 869. The van der Waals surface area contributed by atoms with Gasteiger partial charge in [0.15, 0.2) is 5.76 Å². The molecule has 0 bridgehead atoms. The Labute approximate surface area is 144 Å². The van der Waals surface area contributed by atoms with E-state index in [1.54, 1.807) is 19.2 Å². The van der Waals surface area contributed by atoms with Crippen LogP contribution in [0.1, 0.15) is 45.8 Å². The lowest BCUT2D eigenvalue weighted by Gasteiger charge is -2.13. The van der Waals surface area contributed by atoms with Crippen LogP contribution in [-0.2, 0) is 6.42 Å². The Morgan fingerprint density at radius 1 is 1.32 bits per heavy atom. The molecule has 0 aromatic carbocycles. The first-order valence-corrected chi connectivity index (χ1v) is 7.95. The van der Waals surface area contributed by atoms with E-state index in [4.69, 9.17) is 10.2 Å². The number of anilines is 1. The van der Waals surface area contributed by atoms with Crippen molar-refractivity contribution in [1.29, 1.82) is 0 Å². The quantitative estimate of drug-likeness (QED) is 0.741. The SMILES string of the molecule is Cc1cccnc1NC(=O)c1oc2c(c1C)/C(=N/NC(N)=O)CCC2. The van der Waals surface area contributed by atoms with E-state index in [2.05, 4.69) is 20.8 Å². The number of urea groups is 1. The highest BCUT2D eigenvalue weighted by Crippen LogP contribution is 2.30. The van der Waals surface area contributed by atoms with Gasteiger partial charge in [-0.2, -0.15) is 5.10 Å². The molecule has 25 heavy (non-hydrogen) atoms. The van der Waals surface area contributed by atoms with Crippen molar-refractivity contribution in [3.8, 4) is 0 Å². The highest BCUT2D eigenvalue weighted by molar-refractivity contribution is 6.09. The Kier molecular flexibility index (Phi) is 4.51. The minimum Gasteiger partial charge on any atom is -0.455 e. The van der Waals surface area contributed by atoms with Gasteiger partial charge >= 0.3 is 6.03 Å². The number of hydrogen-bond acceptors (Lipinski definition) is 5. The molecule has 8 nitrogen and oxygen atoms in total. The van der Waals surface area contributed by atoms with Crippen molar-refractivity contribution < 1.29 is 14.0 Å². The summed E-state index contributed by atoms with van der Waals surface area (Å²) in [7, 11) is 0. The van der Waals surface area contributed by atoms with Crippen molar-refractivity contribution in [2.45, 2.75) is 33.1 Å². The number of fused-ring (bicyclic) bond motifs is 1. The zero-order valence-corrected chi connectivity index (χ0v) is 14.0. The van der Waals surface area contributed by atoms with E-state index in [0.29, 0.717) is 35.7 Å². The number of nitrogens with zero attached hydrogens (tertiary/aromatic N) is 2. The summed E-state index contributed by atoms with van der Waals surface area (Å²) in [6, 6.07) is 2.93. The molecule has 130 valence electrons. The van der Waals surface area contributed by atoms with Crippen LogP contribution in [0.3, 0.4) is 0 Å². The number of carbonyl (C=O) groups excluding carboxylic acids is 2. The number of carbonyl (C=O) groups is 2. The summed E-state index contributed by atoms with van der Waals surface area (Å²) in [6.45, 7) is 3.66. The summed E-state index contributed by atoms with van der Waals surface area (Å²) in [5, 5.41) is 6.81. The van der Waals surface area contributed by atoms with E-state index in [1.807, 2.05) is 13.0 Å². The first-order valence-electron chi connectivity index (χ1n) is 7.95. The van der Waals surface area contributed by atoms with Gasteiger partial charge in [-0.25, -0.2) is 15.2 Å². The van der Waals surface area contributed by atoms with E-state index >= 15 is 0 Å². The molecule has 2 heterocycles. The van der Waals surface area contributed by atoms with Crippen molar-refractivity contribution in [1.82, 2.24) is 10.4 Å². The molecule has 3 amide bonds. The van der Waals surface area contributed by atoms with E-state index in [9.17, 15) is 9.59 Å². The van der Waals surface area contributed by atoms with Gasteiger partial charge in [-0.1, -0.05) is 6.07 Å². The van der Waals surface area contributed by atoms with Crippen molar-refractivity contribution in [3.05, 3.63) is 46.5 Å². The largest absolute Gasteiger partial charge is 0.455 e. The maximum Gasteiger partial charge on any atom is 0.332 e. The van der Waals surface area contributed by atoms with Gasteiger partial charge in [-0.15, -0.1) is 0 Å². The van der Waals surface area contributed by atoms with E-state index in [-0.39, 0.29) is 11.7 Å². The van der Waals surface area contributed by atoms with Gasteiger partial charge in [0.25, 0.3) is 5.91 Å². The number of amides is 3. The predicted octanol–water partition coefficient (Wildman–Crippen LogP) is 2.25. The number of hydrazone groups is 1. The summed E-state index contributed by atoms with van der Waals surface area (Å²) in [6.07, 6.45) is 3.82. The van der Waals surface area contributed by atoms with Gasteiger partial charge in [0.2, 0.25) is 0 Å². The smallest absolute Gasteiger partial charge is 0.332 e. The van der Waals surface area contributed by atoms with Crippen LogP contribution in [0, 0.1) is 13.8 Å². The topological polar surface area (TPSA) is 123 Å². The fraction of sp³-hybridized carbons (Fsp3) is 0.294. The number of pyridine rings is 1. The third kappa shape index (κ3) is 3.37. The van der Waals surface area contributed by atoms with Gasteiger partial charge in [0, 0.05) is 23.7 Å². The molecule has 0 spiro atoms. The van der Waals surface area contributed by atoms with Crippen LogP contribution < -0.4 is 16.5 Å². The van der Waals surface area contributed by atoms with E-state index < -0.39 is 6.03 Å². The molecule has 0 saturated heterocycles. The lowest BCUT2D eigenvalue weighted by molar-refractivity contribution is 0.0993. The van der Waals surface area contributed by atoms with Gasteiger partial charge in [0.05, 0.1) is 5.71 Å². The summed E-state index contributed by atoms with van der Waals surface area (Å²) in [4.78, 5) is 27.7. The number of aryl methyl sites for hydroxylation is 2. The molecular weight excluding hydrogens is 322 g/mol. The number of aromatic nitrogens is 1. The van der Waals surface area contributed by atoms with Crippen LogP contribution in [0.2, 0.25) is 0 Å². The zero-order chi connectivity index (χ0) is 18.0. The average molecular weight is 341 g/mol. The van der Waals surface area contributed by atoms with Gasteiger partial charge in [-0.05, 0) is 38.3 Å². The van der Waals surface area contributed by atoms with Crippen LogP contribution in [-0.4, -0.2) is 22.6 Å². The fourth-order valence-electron chi connectivity index (χ4n) is 2.90. The van der Waals surface area contributed by atoms with Crippen molar-refractivity contribution in [3.63, 3.8) is 0 Å². The second-order valence-electron chi connectivity index (χ2n) is 5.87. The van der Waals surface area contributed by atoms with E-state index in [0.717, 1.165) is 17.5 Å². The average Bonchev–Trinajstić information content (AvgIpc) is 2.93. The van der Waals surface area contributed by atoms with Crippen molar-refractivity contribution in [2.24, 2.45) is 10.8 Å². The Hall–Kier alpha value is -3.16. The normalized spacial score (nSPS) is 14.9. The summed E-state index contributed by atoms with van der Waals surface area (Å²) < 4.78 is 5.78. The van der Waals surface area contributed by atoms with Gasteiger partial charge < -0.3 is 15.5 Å². The van der Waals surface area contributed by atoms with Crippen LogP contribution in [0.4, 0.5) is 10.6 Å². The minimum absolute atomic E-state index is 0.226. The maximum absolute atomic E-state index is 12.6. The number of rotatable bonds is 3. The molecule has 0 radical (unpaired) electrons. The van der Waals surface area contributed by atoms with Gasteiger partial charge in [-0.3, -0.25) is 4.79 Å². The van der Waals surface area contributed by atoms with Crippen molar-refractivity contribution >= 4 is 23.5 Å². The molecule has 0 atom stereocenters. The number of hydrogen-bond donors (Lipinski definition) is 3. The highest BCUT2D eigenvalue weighted by atomic mass is 16.4. The number of nitrogens with one attached hydrogen (secondary N) is 2. The van der Waals surface area contributed by atoms with Crippen LogP contribution >= 0.6 is 0 Å². The highest BCUT2D eigenvalue weighted by Gasteiger charge is 2.28. The van der Waals surface area contributed by atoms with Crippen molar-refractivity contribution in [2.75, 3.05) is 5.32 Å². The lowest BCUT2D eigenvalue weighted by Crippen LogP contribution is -2.27. The zero-order valence-electron chi connectivity index (χ0n) is 14.0. The van der Waals surface area contributed by atoms with Gasteiger partial charge in [0.1, 0.15) is 11.6 Å². The fourth-order valence-corrected chi connectivity index (χ4v) is 2.90. The molecular formula is C17H19N5O3. The number of furan rings is 1. The Morgan fingerprint density at radius 3 is 2.84 bits per heavy atom. The molecule has 2 aromatic heterocycles. The first-order chi connectivity index (χ1) is 12.0. The Balaban J connectivity index is 1.92. The third-order valence-electron chi connectivity index (χ3n) is 4.07. The van der Waals surface area contributed by atoms with Crippen LogP contribution in [0.15, 0.2) is 27.8 Å². The molecule has 3 rings (SSSR count). The lowest BCUT2D eigenvalue weighted by atomic mass is 9.93. The summed E-state index contributed by atoms with van der Waals surface area (Å²) >= 11 is 0. The third-order valence-corrected chi connectivity index (χ3v) is 4.07. The molecule has 0 saturated carbocycles. The molecule has 0 fully saturated rings. The van der Waals surface area contributed by atoms with Crippen LogP contribution in [0.25, 0.3) is 0 Å². The minimum atomic E-state index is -0.732. The van der Waals surface area contributed by atoms with Crippen LogP contribution in [0.5, 0.6) is 0 Å². The molecule has 1 aliphatic carbocycles. The maximum atomic E-state index is 12.6. The monoisotopic (exact) mass is 341 g/mol. The summed E-state index contributed by atoms with van der Waals surface area (Å²) in [5.74, 6) is 1.04.